The van der Waals surface area contributed by atoms with Crippen LogP contribution in [0.3, 0.4) is 0 Å². The molecule has 2 N–H and O–H groups in total. The van der Waals surface area contributed by atoms with Crippen molar-refractivity contribution in [3.8, 4) is 0 Å². The molecule has 2 aliphatic heterocycles. The molecule has 0 radical (unpaired) electrons. The van der Waals surface area contributed by atoms with E-state index in [9.17, 15) is 15.0 Å². The minimum absolute atomic E-state index is 0.0704. The van der Waals surface area contributed by atoms with Gasteiger partial charge in [-0.15, -0.1) is 0 Å². The van der Waals surface area contributed by atoms with E-state index in [4.69, 9.17) is 4.74 Å². The molecule has 4 saturated carbocycles. The highest BCUT2D eigenvalue weighted by Crippen LogP contribution is 2.83. The van der Waals surface area contributed by atoms with Gasteiger partial charge in [0.1, 0.15) is 6.10 Å². The molecule has 7 rings (SSSR count). The lowest BCUT2D eigenvalue weighted by atomic mass is 9.23. The third-order valence-electron chi connectivity index (χ3n) is 9.19. The lowest BCUT2D eigenvalue weighted by molar-refractivity contribution is -0.455. The smallest absolute Gasteiger partial charge is 0.205 e. The molecular weight excluding hydrogens is 316 g/mol. The number of carbonyl (C=O) groups excluding carboxylic acids is 1. The predicted octanol–water partition coefficient (Wildman–Crippen LogP) is 2.07. The molecule has 2 bridgehead atoms. The highest BCUT2D eigenvalue weighted by Gasteiger charge is 2.90. The van der Waals surface area contributed by atoms with E-state index in [1.807, 2.05) is 0 Å². The van der Waals surface area contributed by atoms with Gasteiger partial charge < -0.3 is 14.9 Å². The average molecular weight is 342 g/mol. The Bertz CT molecular complexity index is 768. The molecule has 2 heterocycles. The van der Waals surface area contributed by atoms with Crippen LogP contribution in [0, 0.1) is 45.8 Å². The zero-order valence-electron chi connectivity index (χ0n) is 14.9. The van der Waals surface area contributed by atoms with E-state index in [1.165, 1.54) is 0 Å². The van der Waals surface area contributed by atoms with Crippen LogP contribution in [-0.2, 0) is 9.53 Å². The SMILES string of the molecule is C=C1C2C(=O)[C@]34[C@H]2[C@H]1CC[C@H]3[C@]12C=CCC(C)(C)[C@H]1[C@H](O)[C@@]4(O)OC2. The number of fused-ring (bicyclic) bond motifs is 1. The molecule has 4 heteroatoms. The summed E-state index contributed by atoms with van der Waals surface area (Å²) in [6, 6.07) is 0. The fourth-order valence-electron chi connectivity index (χ4n) is 8.49. The van der Waals surface area contributed by atoms with Crippen LogP contribution in [0.15, 0.2) is 24.3 Å². The Labute approximate surface area is 147 Å². The Morgan fingerprint density at radius 1 is 1.32 bits per heavy atom. The summed E-state index contributed by atoms with van der Waals surface area (Å²) in [5, 5.41) is 23.0. The Morgan fingerprint density at radius 3 is 2.84 bits per heavy atom. The van der Waals surface area contributed by atoms with Crippen LogP contribution in [-0.4, -0.2) is 34.5 Å². The fourth-order valence-corrected chi connectivity index (χ4v) is 8.49. The van der Waals surface area contributed by atoms with Crippen LogP contribution in [0.1, 0.15) is 33.1 Å². The predicted molar refractivity (Wildman–Crippen MR) is 90.1 cm³/mol. The molecule has 0 aromatic heterocycles. The summed E-state index contributed by atoms with van der Waals surface area (Å²) in [6.45, 7) is 8.89. The van der Waals surface area contributed by atoms with E-state index >= 15 is 0 Å². The van der Waals surface area contributed by atoms with Crippen molar-refractivity contribution in [2.45, 2.75) is 45.0 Å². The van der Waals surface area contributed by atoms with Crippen molar-refractivity contribution in [1.29, 1.82) is 0 Å². The molecule has 0 aromatic rings. The highest BCUT2D eigenvalue weighted by atomic mass is 16.6. The van der Waals surface area contributed by atoms with Crippen molar-refractivity contribution in [2.24, 2.45) is 45.8 Å². The topological polar surface area (TPSA) is 66.8 Å². The van der Waals surface area contributed by atoms with Crippen LogP contribution in [0.5, 0.6) is 0 Å². The van der Waals surface area contributed by atoms with Gasteiger partial charge in [0, 0.05) is 17.3 Å². The number of hydrogen-bond acceptors (Lipinski definition) is 4. The van der Waals surface area contributed by atoms with Gasteiger partial charge in [-0.2, -0.15) is 0 Å². The molecule has 5 aliphatic carbocycles. The number of ketones is 1. The summed E-state index contributed by atoms with van der Waals surface area (Å²) in [6.07, 6.45) is 6.26. The minimum atomic E-state index is -1.73. The summed E-state index contributed by atoms with van der Waals surface area (Å²) < 4.78 is 6.00. The molecule has 7 aliphatic rings. The number of allylic oxidation sites excluding steroid dienone is 2. The monoisotopic (exact) mass is 342 g/mol. The van der Waals surface area contributed by atoms with Crippen LogP contribution in [0.2, 0.25) is 0 Å². The van der Waals surface area contributed by atoms with Crippen LogP contribution >= 0.6 is 0 Å². The Morgan fingerprint density at radius 2 is 2.08 bits per heavy atom. The number of ether oxygens (including phenoxy) is 1. The Balaban J connectivity index is 1.61. The minimum Gasteiger partial charge on any atom is -0.387 e. The molecule has 2 saturated heterocycles. The second-order valence-electron chi connectivity index (χ2n) is 10.2. The quantitative estimate of drug-likeness (QED) is 0.662. The molecule has 2 spiro atoms. The maximum absolute atomic E-state index is 13.3. The number of aliphatic hydroxyl groups is 2. The van der Waals surface area contributed by atoms with E-state index in [2.05, 4.69) is 32.6 Å². The number of carbonyl (C=O) groups is 1. The van der Waals surface area contributed by atoms with Gasteiger partial charge in [0.25, 0.3) is 0 Å². The summed E-state index contributed by atoms with van der Waals surface area (Å²) in [4.78, 5) is 13.3. The number of aliphatic hydroxyl groups excluding tert-OH is 1. The maximum atomic E-state index is 13.3. The maximum Gasteiger partial charge on any atom is 0.205 e. The molecule has 25 heavy (non-hydrogen) atoms. The fraction of sp³-hybridized carbons (Fsp3) is 0.762. The Hall–Kier alpha value is -0.970. The first-order valence-corrected chi connectivity index (χ1v) is 9.68. The van der Waals surface area contributed by atoms with Crippen molar-refractivity contribution in [2.75, 3.05) is 6.61 Å². The molecule has 6 fully saturated rings. The lowest BCUT2D eigenvalue weighted by Crippen LogP contribution is -2.90. The first-order valence-electron chi connectivity index (χ1n) is 9.68. The van der Waals surface area contributed by atoms with Crippen LogP contribution in [0.25, 0.3) is 0 Å². The molecule has 134 valence electrons. The van der Waals surface area contributed by atoms with Gasteiger partial charge in [0.15, 0.2) is 5.78 Å². The lowest BCUT2D eigenvalue weighted by Gasteiger charge is -2.82. The summed E-state index contributed by atoms with van der Waals surface area (Å²) in [7, 11) is 0. The van der Waals surface area contributed by atoms with E-state index in [-0.39, 0.29) is 40.3 Å². The zero-order chi connectivity index (χ0) is 17.6. The molecule has 0 amide bonds. The van der Waals surface area contributed by atoms with Gasteiger partial charge in [-0.25, -0.2) is 0 Å². The second-order valence-corrected chi connectivity index (χ2v) is 10.2. The number of Topliss-reactive ketones (excluding diaryl/α,β-unsaturated/α-hetero) is 1. The average Bonchev–Trinajstić information content (AvgIpc) is 2.54. The van der Waals surface area contributed by atoms with Gasteiger partial charge in [-0.05, 0) is 42.4 Å². The van der Waals surface area contributed by atoms with Crippen LogP contribution in [0.4, 0.5) is 0 Å². The highest BCUT2D eigenvalue weighted by molar-refractivity contribution is 6.01. The first-order chi connectivity index (χ1) is 11.7. The standard InChI is InChI=1S/C21H26O4/c1-10-11-5-6-12-19-8-4-7-18(2,3)15(19)17(23)21(24,25-9-19)20(12)14(11)13(10)16(20)22/h4,8,11-15,17,23-24H,1,5-7,9H2,2-3H3/t11-,12-,13?,14-,15+,17-,19+,20+,21+/m0/s1. The van der Waals surface area contributed by atoms with Gasteiger partial charge in [0.2, 0.25) is 5.79 Å². The normalized spacial score (nSPS) is 62.4. The van der Waals surface area contributed by atoms with Gasteiger partial charge >= 0.3 is 0 Å². The van der Waals surface area contributed by atoms with Crippen molar-refractivity contribution in [1.82, 2.24) is 0 Å². The first kappa shape index (κ1) is 15.1. The van der Waals surface area contributed by atoms with Crippen LogP contribution < -0.4 is 0 Å². The Kier molecular flexibility index (Phi) is 2.32. The van der Waals surface area contributed by atoms with E-state index < -0.39 is 17.3 Å². The van der Waals surface area contributed by atoms with Gasteiger partial charge in [-0.3, -0.25) is 4.79 Å². The zero-order valence-corrected chi connectivity index (χ0v) is 14.9. The van der Waals surface area contributed by atoms with E-state index in [1.54, 1.807) is 0 Å². The van der Waals surface area contributed by atoms with Crippen molar-refractivity contribution < 1.29 is 19.7 Å². The van der Waals surface area contributed by atoms with E-state index in [0.29, 0.717) is 12.5 Å². The summed E-state index contributed by atoms with van der Waals surface area (Å²) in [5.41, 5.74) is -0.339. The van der Waals surface area contributed by atoms with Crippen molar-refractivity contribution in [3.63, 3.8) is 0 Å². The third-order valence-corrected chi connectivity index (χ3v) is 9.19. The molecule has 4 nitrogen and oxygen atoms in total. The summed E-state index contributed by atoms with van der Waals surface area (Å²) >= 11 is 0. The molecular formula is C21H26O4. The van der Waals surface area contributed by atoms with E-state index in [0.717, 1.165) is 24.8 Å². The number of rotatable bonds is 0. The number of hydrogen-bond donors (Lipinski definition) is 2. The van der Waals surface area contributed by atoms with Crippen molar-refractivity contribution >= 4 is 5.78 Å². The second kappa shape index (κ2) is 3.83. The largest absolute Gasteiger partial charge is 0.387 e. The molecule has 0 aromatic carbocycles. The van der Waals surface area contributed by atoms with Crippen molar-refractivity contribution in [3.05, 3.63) is 24.3 Å². The third kappa shape index (κ3) is 1.15. The molecule has 1 unspecified atom stereocenters. The molecule has 9 atom stereocenters. The summed E-state index contributed by atoms with van der Waals surface area (Å²) in [5.74, 6) is -1.34. The van der Waals surface area contributed by atoms with Gasteiger partial charge in [-0.1, -0.05) is 38.2 Å². The van der Waals surface area contributed by atoms with Gasteiger partial charge in [0.05, 0.1) is 12.0 Å².